The molecule has 0 saturated carbocycles. The van der Waals surface area contributed by atoms with Crippen molar-refractivity contribution in [2.24, 2.45) is 0 Å². The highest BCUT2D eigenvalue weighted by Gasteiger charge is 2.26. The Morgan fingerprint density at radius 1 is 1.32 bits per heavy atom. The molecule has 0 spiro atoms. The van der Waals surface area contributed by atoms with Gasteiger partial charge in [0.25, 0.3) is 0 Å². The molecular formula is C21H24FN7OS. The van der Waals surface area contributed by atoms with E-state index in [0.717, 1.165) is 35.7 Å². The molecule has 162 valence electrons. The number of hydrogen-bond donors (Lipinski definition) is 3. The van der Waals surface area contributed by atoms with Crippen LogP contribution < -0.4 is 16.0 Å². The fourth-order valence-electron chi connectivity index (χ4n) is 3.42. The molecule has 0 bridgehead atoms. The molecule has 3 aromatic rings. The number of anilines is 1. The van der Waals surface area contributed by atoms with Crippen LogP contribution in [-0.4, -0.2) is 38.4 Å². The van der Waals surface area contributed by atoms with Crippen LogP contribution in [0.4, 0.5) is 10.3 Å². The second-order valence-electron chi connectivity index (χ2n) is 7.89. The van der Waals surface area contributed by atoms with Crippen molar-refractivity contribution < 1.29 is 9.18 Å². The number of carbonyl (C=O) groups is 1. The zero-order valence-corrected chi connectivity index (χ0v) is 18.2. The maximum Gasteiger partial charge on any atom is 0.237 e. The molecule has 1 fully saturated rings. The first-order valence-corrected chi connectivity index (χ1v) is 11.0. The third kappa shape index (κ3) is 5.02. The van der Waals surface area contributed by atoms with E-state index in [4.69, 9.17) is 0 Å². The number of rotatable bonds is 7. The van der Waals surface area contributed by atoms with Crippen LogP contribution in [0.3, 0.4) is 0 Å². The Morgan fingerprint density at radius 3 is 2.84 bits per heavy atom. The van der Waals surface area contributed by atoms with Gasteiger partial charge in [-0.15, -0.1) is 11.3 Å². The minimum atomic E-state index is -0.784. The molecule has 1 aliphatic rings. The van der Waals surface area contributed by atoms with E-state index >= 15 is 0 Å². The lowest BCUT2D eigenvalue weighted by molar-refractivity contribution is -0.122. The van der Waals surface area contributed by atoms with Crippen LogP contribution in [0.25, 0.3) is 10.6 Å². The first-order valence-electron chi connectivity index (χ1n) is 10.1. The largest absolute Gasteiger partial charge is 0.349 e. The van der Waals surface area contributed by atoms with Crippen molar-refractivity contribution in [2.45, 2.75) is 44.8 Å². The summed E-state index contributed by atoms with van der Waals surface area (Å²) in [4.78, 5) is 29.5. The summed E-state index contributed by atoms with van der Waals surface area (Å²) in [6, 6.07) is 2.83. The van der Waals surface area contributed by atoms with E-state index in [9.17, 15) is 9.18 Å². The average molecular weight is 442 g/mol. The Hall–Kier alpha value is -2.98. The maximum absolute atomic E-state index is 14.1. The Bertz CT molecular complexity index is 1050. The van der Waals surface area contributed by atoms with Crippen LogP contribution in [0, 0.1) is 5.82 Å². The lowest BCUT2D eigenvalue weighted by Gasteiger charge is -2.25. The van der Waals surface area contributed by atoms with Gasteiger partial charge < -0.3 is 16.0 Å². The summed E-state index contributed by atoms with van der Waals surface area (Å²) in [7, 11) is 0. The molecule has 0 aliphatic carbocycles. The monoisotopic (exact) mass is 441 g/mol. The second kappa shape index (κ2) is 9.03. The van der Waals surface area contributed by atoms with Crippen LogP contribution in [0.1, 0.15) is 38.1 Å². The molecular weight excluding hydrogens is 417 g/mol. The van der Waals surface area contributed by atoms with E-state index in [1.807, 2.05) is 19.2 Å². The molecule has 1 amide bonds. The predicted molar refractivity (Wildman–Crippen MR) is 117 cm³/mol. The zero-order valence-electron chi connectivity index (χ0n) is 17.4. The summed E-state index contributed by atoms with van der Waals surface area (Å²) in [6.45, 7) is 4.91. The average Bonchev–Trinajstić information content (AvgIpc) is 3.45. The zero-order chi connectivity index (χ0) is 21.8. The number of nitrogens with one attached hydrogen (secondary N) is 3. The Balaban J connectivity index is 1.38. The molecule has 3 aromatic heterocycles. The molecule has 4 heterocycles. The van der Waals surface area contributed by atoms with Gasteiger partial charge in [-0.25, -0.2) is 19.3 Å². The molecule has 0 aromatic carbocycles. The Morgan fingerprint density at radius 2 is 2.13 bits per heavy atom. The highest BCUT2D eigenvalue weighted by Crippen LogP contribution is 2.26. The summed E-state index contributed by atoms with van der Waals surface area (Å²) < 4.78 is 14.1. The van der Waals surface area contributed by atoms with Crippen LogP contribution in [0.15, 0.2) is 36.1 Å². The number of carbonyl (C=O) groups excluding carboxylic acids is 1. The van der Waals surface area contributed by atoms with Gasteiger partial charge in [0.1, 0.15) is 16.5 Å². The van der Waals surface area contributed by atoms with E-state index in [1.165, 1.54) is 17.4 Å². The van der Waals surface area contributed by atoms with E-state index in [1.54, 1.807) is 24.7 Å². The number of pyridine rings is 1. The third-order valence-corrected chi connectivity index (χ3v) is 5.99. The molecule has 4 rings (SSSR count). The van der Waals surface area contributed by atoms with Crippen molar-refractivity contribution in [1.82, 2.24) is 30.6 Å². The quantitative estimate of drug-likeness (QED) is 0.518. The van der Waals surface area contributed by atoms with Crippen molar-refractivity contribution >= 4 is 23.2 Å². The number of nitrogens with zero attached hydrogens (tertiary/aromatic N) is 4. The van der Waals surface area contributed by atoms with Gasteiger partial charge in [0, 0.05) is 29.5 Å². The Kier molecular flexibility index (Phi) is 6.19. The second-order valence-corrected chi connectivity index (χ2v) is 8.75. The number of hydrogen-bond acceptors (Lipinski definition) is 8. The maximum atomic E-state index is 14.1. The van der Waals surface area contributed by atoms with Gasteiger partial charge in [0.15, 0.2) is 0 Å². The number of amides is 1. The first-order chi connectivity index (χ1) is 14.9. The normalized spacial score (nSPS) is 16.3. The standard InChI is InChI=1S/C21H24FN7OS/c1-21(2,17-15(22)5-3-8-24-17)29-20-26-9-13(10-27-20)19-28-14(12-31-19)11-25-18(30)16-6-4-7-23-16/h3,5,8-10,12,16,23H,4,6-7,11H2,1-2H3,(H,25,30)(H,26,27,29)/t16-/m0/s1. The summed E-state index contributed by atoms with van der Waals surface area (Å²) in [6.07, 6.45) is 6.79. The molecule has 0 unspecified atom stereocenters. The van der Waals surface area contributed by atoms with Crippen LogP contribution in [-0.2, 0) is 16.9 Å². The van der Waals surface area contributed by atoms with Gasteiger partial charge in [-0.2, -0.15) is 0 Å². The fraction of sp³-hybridized carbons (Fsp3) is 0.381. The lowest BCUT2D eigenvalue weighted by Crippen LogP contribution is -2.40. The smallest absolute Gasteiger partial charge is 0.237 e. The van der Waals surface area contributed by atoms with Crippen LogP contribution in [0.5, 0.6) is 0 Å². The molecule has 1 aliphatic heterocycles. The van der Waals surface area contributed by atoms with Gasteiger partial charge in [0.2, 0.25) is 11.9 Å². The third-order valence-electron chi connectivity index (χ3n) is 5.05. The van der Waals surface area contributed by atoms with Crippen molar-refractivity contribution in [3.63, 3.8) is 0 Å². The minimum absolute atomic E-state index is 0.0118. The molecule has 0 radical (unpaired) electrons. The molecule has 3 N–H and O–H groups in total. The van der Waals surface area contributed by atoms with Crippen LogP contribution in [0.2, 0.25) is 0 Å². The molecule has 31 heavy (non-hydrogen) atoms. The van der Waals surface area contributed by atoms with Crippen molar-refractivity contribution in [1.29, 1.82) is 0 Å². The molecule has 1 atom stereocenters. The van der Waals surface area contributed by atoms with Gasteiger partial charge >= 0.3 is 0 Å². The minimum Gasteiger partial charge on any atom is -0.349 e. The topological polar surface area (TPSA) is 105 Å². The van der Waals surface area contributed by atoms with E-state index in [-0.39, 0.29) is 17.8 Å². The summed E-state index contributed by atoms with van der Waals surface area (Å²) in [5.41, 5.74) is 1.07. The number of thiazole rings is 1. The first kappa shape index (κ1) is 21.3. The molecule has 1 saturated heterocycles. The summed E-state index contributed by atoms with van der Waals surface area (Å²) >= 11 is 1.47. The van der Waals surface area contributed by atoms with Crippen LogP contribution >= 0.6 is 11.3 Å². The number of halogens is 1. The molecule has 8 nitrogen and oxygen atoms in total. The SMILES string of the molecule is CC(C)(Nc1ncc(-c2nc(CNC(=O)[C@@H]3CCCN3)cs2)cn1)c1ncccc1F. The van der Waals surface area contributed by atoms with Crippen molar-refractivity contribution in [2.75, 3.05) is 11.9 Å². The van der Waals surface area contributed by atoms with Gasteiger partial charge in [0.05, 0.1) is 23.8 Å². The highest BCUT2D eigenvalue weighted by atomic mass is 32.1. The van der Waals surface area contributed by atoms with Crippen molar-refractivity contribution in [3.05, 3.63) is 53.3 Å². The van der Waals surface area contributed by atoms with E-state index in [0.29, 0.717) is 18.2 Å². The summed E-state index contributed by atoms with van der Waals surface area (Å²) in [5.74, 6) is -0.00702. The summed E-state index contributed by atoms with van der Waals surface area (Å²) in [5, 5.41) is 11.9. The van der Waals surface area contributed by atoms with Gasteiger partial charge in [-0.05, 0) is 45.4 Å². The Labute approximate surface area is 183 Å². The van der Waals surface area contributed by atoms with Gasteiger partial charge in [-0.3, -0.25) is 9.78 Å². The van der Waals surface area contributed by atoms with E-state index in [2.05, 4.69) is 35.9 Å². The number of aromatic nitrogens is 4. The molecule has 10 heteroatoms. The fourth-order valence-corrected chi connectivity index (χ4v) is 4.21. The van der Waals surface area contributed by atoms with E-state index < -0.39 is 5.54 Å². The van der Waals surface area contributed by atoms with Crippen molar-refractivity contribution in [3.8, 4) is 10.6 Å². The highest BCUT2D eigenvalue weighted by molar-refractivity contribution is 7.13. The predicted octanol–water partition coefficient (Wildman–Crippen LogP) is 2.85. The van der Waals surface area contributed by atoms with Gasteiger partial charge in [-0.1, -0.05) is 0 Å². The lowest BCUT2D eigenvalue weighted by atomic mass is 9.99.